The maximum absolute atomic E-state index is 5.92. The maximum atomic E-state index is 5.92. The van der Waals surface area contributed by atoms with Crippen LogP contribution >= 0.6 is 0 Å². The molecular formula is C19H40O3. The van der Waals surface area contributed by atoms with Crippen LogP contribution in [-0.4, -0.2) is 37.6 Å². The van der Waals surface area contributed by atoms with Gasteiger partial charge in [-0.1, -0.05) is 39.5 Å². The highest BCUT2D eigenvalue weighted by atomic mass is 16.5. The molecule has 0 aromatic rings. The molecule has 0 aliphatic carbocycles. The minimum atomic E-state index is -0.145. The van der Waals surface area contributed by atoms with Gasteiger partial charge >= 0.3 is 0 Å². The van der Waals surface area contributed by atoms with Crippen LogP contribution in [0, 0.1) is 0 Å². The van der Waals surface area contributed by atoms with Crippen molar-refractivity contribution in [2.45, 2.75) is 97.7 Å². The van der Waals surface area contributed by atoms with Crippen LogP contribution in [0.5, 0.6) is 0 Å². The highest BCUT2D eigenvalue weighted by Gasteiger charge is 2.21. The molecule has 0 unspecified atom stereocenters. The van der Waals surface area contributed by atoms with Gasteiger partial charge in [-0.05, 0) is 47.0 Å². The van der Waals surface area contributed by atoms with Crippen molar-refractivity contribution in [3.8, 4) is 0 Å². The van der Waals surface area contributed by atoms with Crippen molar-refractivity contribution in [2.24, 2.45) is 0 Å². The third-order valence-electron chi connectivity index (χ3n) is 4.16. The largest absolute Gasteiger partial charge is 0.379 e. The summed E-state index contributed by atoms with van der Waals surface area (Å²) in [6, 6.07) is 0. The van der Waals surface area contributed by atoms with Crippen molar-refractivity contribution in [2.75, 3.05) is 26.4 Å². The molecule has 0 bridgehead atoms. The molecule has 0 saturated carbocycles. The average Bonchev–Trinajstić information content (AvgIpc) is 2.45. The van der Waals surface area contributed by atoms with Gasteiger partial charge in [-0.3, -0.25) is 0 Å². The van der Waals surface area contributed by atoms with Gasteiger partial charge in [-0.15, -0.1) is 0 Å². The highest BCUT2D eigenvalue weighted by molar-refractivity contribution is 4.71. The monoisotopic (exact) mass is 316 g/mol. The zero-order valence-electron chi connectivity index (χ0n) is 16.0. The lowest BCUT2D eigenvalue weighted by Crippen LogP contribution is -2.31. The molecular weight excluding hydrogens is 276 g/mol. The van der Waals surface area contributed by atoms with Crippen molar-refractivity contribution in [1.29, 1.82) is 0 Å². The van der Waals surface area contributed by atoms with Gasteiger partial charge in [0.1, 0.15) is 0 Å². The van der Waals surface area contributed by atoms with Crippen LogP contribution in [0.1, 0.15) is 86.5 Å². The van der Waals surface area contributed by atoms with Crippen molar-refractivity contribution in [3.05, 3.63) is 0 Å². The molecule has 3 nitrogen and oxygen atoms in total. The van der Waals surface area contributed by atoms with Gasteiger partial charge in [0, 0.05) is 6.61 Å². The summed E-state index contributed by atoms with van der Waals surface area (Å²) in [4.78, 5) is 0. The summed E-state index contributed by atoms with van der Waals surface area (Å²) in [5, 5.41) is 0. The molecule has 0 saturated heterocycles. The van der Waals surface area contributed by atoms with Crippen molar-refractivity contribution in [1.82, 2.24) is 0 Å². The van der Waals surface area contributed by atoms with E-state index < -0.39 is 0 Å². The summed E-state index contributed by atoms with van der Waals surface area (Å²) in [6.45, 7) is 15.9. The standard InChI is InChI=1S/C19H40O3/c1-7-9-10-11-12-14-20-16-17-22-19(5,6)13-15-21-18(3,4)8-2/h7-17H2,1-6H3. The molecule has 134 valence electrons. The Morgan fingerprint density at radius 3 is 1.91 bits per heavy atom. The van der Waals surface area contributed by atoms with Crippen LogP contribution in [0.2, 0.25) is 0 Å². The normalized spacial score (nSPS) is 12.8. The quantitative estimate of drug-likeness (QED) is 0.380. The molecule has 22 heavy (non-hydrogen) atoms. The van der Waals surface area contributed by atoms with E-state index in [2.05, 4.69) is 41.5 Å². The van der Waals surface area contributed by atoms with Crippen LogP contribution in [0.25, 0.3) is 0 Å². The molecule has 0 rings (SSSR count). The summed E-state index contributed by atoms with van der Waals surface area (Å²) in [5.41, 5.74) is -0.175. The fraction of sp³-hybridized carbons (Fsp3) is 1.00. The number of ether oxygens (including phenoxy) is 3. The third-order valence-corrected chi connectivity index (χ3v) is 4.16. The van der Waals surface area contributed by atoms with Crippen molar-refractivity contribution >= 4 is 0 Å². The predicted molar refractivity (Wildman–Crippen MR) is 94.5 cm³/mol. The van der Waals surface area contributed by atoms with Gasteiger partial charge in [-0.25, -0.2) is 0 Å². The fourth-order valence-electron chi connectivity index (χ4n) is 2.03. The lowest BCUT2D eigenvalue weighted by atomic mass is 10.0. The summed E-state index contributed by atoms with van der Waals surface area (Å²) >= 11 is 0. The Morgan fingerprint density at radius 1 is 0.636 bits per heavy atom. The van der Waals surface area contributed by atoms with E-state index in [1.807, 2.05) is 0 Å². The Labute approximate surface area is 139 Å². The van der Waals surface area contributed by atoms with Crippen LogP contribution in [0.15, 0.2) is 0 Å². The molecule has 0 radical (unpaired) electrons. The van der Waals surface area contributed by atoms with Gasteiger partial charge in [0.2, 0.25) is 0 Å². The van der Waals surface area contributed by atoms with Gasteiger partial charge in [-0.2, -0.15) is 0 Å². The molecule has 0 heterocycles. The lowest BCUT2D eigenvalue weighted by Gasteiger charge is -2.29. The van der Waals surface area contributed by atoms with Gasteiger partial charge < -0.3 is 14.2 Å². The second-order valence-electron chi connectivity index (χ2n) is 7.35. The molecule has 0 N–H and O–H groups in total. The minimum absolute atomic E-state index is 0.0308. The Balaban J connectivity index is 3.51. The van der Waals surface area contributed by atoms with Crippen LogP contribution in [0.4, 0.5) is 0 Å². The number of unbranched alkanes of at least 4 members (excludes halogenated alkanes) is 4. The Bertz CT molecular complexity index is 249. The molecule has 0 spiro atoms. The van der Waals surface area contributed by atoms with Crippen LogP contribution < -0.4 is 0 Å². The van der Waals surface area contributed by atoms with E-state index >= 15 is 0 Å². The van der Waals surface area contributed by atoms with E-state index in [1.54, 1.807) is 0 Å². The van der Waals surface area contributed by atoms with E-state index in [0.29, 0.717) is 13.2 Å². The zero-order valence-corrected chi connectivity index (χ0v) is 16.0. The first-order valence-corrected chi connectivity index (χ1v) is 9.18. The number of rotatable bonds is 15. The lowest BCUT2D eigenvalue weighted by molar-refractivity contribution is -0.0837. The maximum Gasteiger partial charge on any atom is 0.0707 e. The Hall–Kier alpha value is -0.120. The van der Waals surface area contributed by atoms with E-state index in [1.165, 1.54) is 32.1 Å². The van der Waals surface area contributed by atoms with Crippen molar-refractivity contribution < 1.29 is 14.2 Å². The molecule has 0 aromatic heterocycles. The van der Waals surface area contributed by atoms with E-state index in [4.69, 9.17) is 14.2 Å². The highest BCUT2D eigenvalue weighted by Crippen LogP contribution is 2.19. The minimum Gasteiger partial charge on any atom is -0.379 e. The molecule has 3 heteroatoms. The number of hydrogen-bond acceptors (Lipinski definition) is 3. The molecule has 0 amide bonds. The van der Waals surface area contributed by atoms with Crippen LogP contribution in [0.3, 0.4) is 0 Å². The summed E-state index contributed by atoms with van der Waals surface area (Å²) in [6.07, 6.45) is 8.36. The van der Waals surface area contributed by atoms with E-state index in [0.717, 1.165) is 26.1 Å². The molecule has 0 aliphatic rings. The smallest absolute Gasteiger partial charge is 0.0707 e. The molecule has 0 aromatic carbocycles. The first kappa shape index (κ1) is 21.9. The van der Waals surface area contributed by atoms with Crippen LogP contribution in [-0.2, 0) is 14.2 Å². The van der Waals surface area contributed by atoms with E-state index in [9.17, 15) is 0 Å². The summed E-state index contributed by atoms with van der Waals surface area (Å²) in [7, 11) is 0. The van der Waals surface area contributed by atoms with Gasteiger partial charge in [0.05, 0.1) is 31.0 Å². The Kier molecular flexibility index (Phi) is 12.3. The fourth-order valence-corrected chi connectivity index (χ4v) is 2.03. The summed E-state index contributed by atoms with van der Waals surface area (Å²) in [5.74, 6) is 0. The van der Waals surface area contributed by atoms with E-state index in [-0.39, 0.29) is 11.2 Å². The predicted octanol–water partition coefficient (Wildman–Crippen LogP) is 5.36. The third kappa shape index (κ3) is 13.5. The molecule has 0 fully saturated rings. The van der Waals surface area contributed by atoms with Gasteiger partial charge in [0.25, 0.3) is 0 Å². The van der Waals surface area contributed by atoms with Gasteiger partial charge in [0.15, 0.2) is 0 Å². The molecule has 0 aliphatic heterocycles. The average molecular weight is 317 g/mol. The summed E-state index contributed by atoms with van der Waals surface area (Å²) < 4.78 is 17.4. The first-order valence-electron chi connectivity index (χ1n) is 9.18. The molecule has 0 atom stereocenters. The zero-order chi connectivity index (χ0) is 16.9. The Morgan fingerprint density at radius 2 is 1.27 bits per heavy atom. The second-order valence-corrected chi connectivity index (χ2v) is 7.35. The topological polar surface area (TPSA) is 27.7 Å². The first-order chi connectivity index (χ1) is 10.3. The van der Waals surface area contributed by atoms with Crippen molar-refractivity contribution in [3.63, 3.8) is 0 Å². The number of hydrogen-bond donors (Lipinski definition) is 0. The SMILES string of the molecule is CCCCCCCOCCOC(C)(C)CCOC(C)(C)CC. The second kappa shape index (κ2) is 12.3.